The summed E-state index contributed by atoms with van der Waals surface area (Å²) in [6, 6.07) is 8.66. The Morgan fingerprint density at radius 3 is 2.37 bits per heavy atom. The molecule has 19 heavy (non-hydrogen) atoms. The lowest BCUT2D eigenvalue weighted by Gasteiger charge is -2.38. The third kappa shape index (κ3) is 3.69. The number of rotatable bonds is 2. The fourth-order valence-corrected chi connectivity index (χ4v) is 2.95. The maximum Gasteiger partial charge on any atom is 0.247 e. The van der Waals surface area contributed by atoms with E-state index in [4.69, 9.17) is 0 Å². The van der Waals surface area contributed by atoms with Gasteiger partial charge in [-0.25, -0.2) is 0 Å². The molecular formula is C16H20BrNO. The van der Waals surface area contributed by atoms with Gasteiger partial charge in [-0.2, -0.15) is 0 Å². The van der Waals surface area contributed by atoms with Crippen molar-refractivity contribution in [2.24, 2.45) is 0 Å². The number of amides is 1. The van der Waals surface area contributed by atoms with Gasteiger partial charge < -0.3 is 4.90 Å². The second-order valence-electron chi connectivity index (χ2n) is 5.26. The monoisotopic (exact) mass is 321 g/mol. The van der Waals surface area contributed by atoms with Crippen LogP contribution < -0.4 is 0 Å². The molecule has 3 heteroatoms. The fourth-order valence-electron chi connectivity index (χ4n) is 2.68. The molecule has 0 bridgehead atoms. The van der Waals surface area contributed by atoms with Gasteiger partial charge in [-0.05, 0) is 56.9 Å². The van der Waals surface area contributed by atoms with Crippen molar-refractivity contribution in [1.29, 1.82) is 0 Å². The fraction of sp³-hybridized carbons (Fsp3) is 0.438. The van der Waals surface area contributed by atoms with Crippen molar-refractivity contribution in [3.8, 4) is 0 Å². The van der Waals surface area contributed by atoms with E-state index in [1.54, 1.807) is 6.08 Å². The highest BCUT2D eigenvalue weighted by atomic mass is 79.9. The number of halogens is 1. The van der Waals surface area contributed by atoms with Crippen LogP contribution in [0.1, 0.15) is 38.7 Å². The molecule has 2 nitrogen and oxygen atoms in total. The molecule has 0 saturated carbocycles. The normalized spacial score (nSPS) is 23.8. The molecule has 0 aliphatic carbocycles. The number of carbonyl (C=O) groups excluding carboxylic acids is 1. The number of likely N-dealkylation sites (tertiary alicyclic amines) is 1. The van der Waals surface area contributed by atoms with Gasteiger partial charge in [0.1, 0.15) is 0 Å². The van der Waals surface area contributed by atoms with Crippen molar-refractivity contribution in [1.82, 2.24) is 4.90 Å². The van der Waals surface area contributed by atoms with E-state index in [1.165, 1.54) is 6.42 Å². The van der Waals surface area contributed by atoms with Crippen LogP contribution in [0.3, 0.4) is 0 Å². The molecule has 0 radical (unpaired) electrons. The Morgan fingerprint density at radius 1 is 1.21 bits per heavy atom. The van der Waals surface area contributed by atoms with Gasteiger partial charge in [0.15, 0.2) is 0 Å². The Hall–Kier alpha value is -1.09. The van der Waals surface area contributed by atoms with Crippen LogP contribution in [0.5, 0.6) is 0 Å². The molecule has 0 aromatic heterocycles. The number of nitrogens with zero attached hydrogens (tertiary/aromatic N) is 1. The van der Waals surface area contributed by atoms with Gasteiger partial charge in [0.25, 0.3) is 0 Å². The summed E-state index contributed by atoms with van der Waals surface area (Å²) in [6.07, 6.45) is 7.04. The van der Waals surface area contributed by atoms with E-state index in [9.17, 15) is 4.79 Å². The van der Waals surface area contributed by atoms with Crippen LogP contribution in [0.2, 0.25) is 0 Å². The summed E-state index contributed by atoms with van der Waals surface area (Å²) in [6.45, 7) is 4.28. The summed E-state index contributed by atoms with van der Waals surface area (Å²) >= 11 is 3.40. The first-order valence-electron chi connectivity index (χ1n) is 6.84. The standard InChI is InChI=1S/C16H20BrNO/c1-12-4-3-5-13(2)18(12)16(19)11-8-14-6-9-15(17)10-7-14/h6-13H,3-5H2,1-2H3/b11-8+/t12-,13+. The molecular weight excluding hydrogens is 302 g/mol. The molecule has 2 rings (SSSR count). The number of hydrogen-bond donors (Lipinski definition) is 0. The third-order valence-corrected chi connectivity index (χ3v) is 4.27. The topological polar surface area (TPSA) is 20.3 Å². The first-order valence-corrected chi connectivity index (χ1v) is 7.63. The van der Waals surface area contributed by atoms with Gasteiger partial charge in [0, 0.05) is 22.6 Å². The Morgan fingerprint density at radius 2 is 1.79 bits per heavy atom. The molecule has 1 aliphatic heterocycles. The Balaban J connectivity index is 2.05. The highest BCUT2D eigenvalue weighted by Crippen LogP contribution is 2.23. The summed E-state index contributed by atoms with van der Waals surface area (Å²) in [4.78, 5) is 14.3. The van der Waals surface area contributed by atoms with E-state index in [1.807, 2.05) is 35.2 Å². The van der Waals surface area contributed by atoms with Crippen LogP contribution in [-0.4, -0.2) is 22.9 Å². The third-order valence-electron chi connectivity index (χ3n) is 3.74. The minimum absolute atomic E-state index is 0.127. The molecule has 2 atom stereocenters. The summed E-state index contributed by atoms with van der Waals surface area (Å²) in [5.41, 5.74) is 1.05. The number of benzene rings is 1. The zero-order valence-corrected chi connectivity index (χ0v) is 13.1. The number of piperidine rings is 1. The summed E-state index contributed by atoms with van der Waals surface area (Å²) in [7, 11) is 0. The van der Waals surface area contributed by atoms with Crippen LogP contribution in [0.4, 0.5) is 0 Å². The second-order valence-corrected chi connectivity index (χ2v) is 6.18. The lowest BCUT2D eigenvalue weighted by molar-refractivity contribution is -0.131. The van der Waals surface area contributed by atoms with Gasteiger partial charge in [-0.3, -0.25) is 4.79 Å². The van der Waals surface area contributed by atoms with E-state index in [0.717, 1.165) is 22.9 Å². The van der Waals surface area contributed by atoms with Gasteiger partial charge >= 0.3 is 0 Å². The predicted molar refractivity (Wildman–Crippen MR) is 82.8 cm³/mol. The summed E-state index contributed by atoms with van der Waals surface area (Å²) < 4.78 is 1.05. The summed E-state index contributed by atoms with van der Waals surface area (Å²) in [5.74, 6) is 0.127. The highest BCUT2D eigenvalue weighted by Gasteiger charge is 2.27. The average Bonchev–Trinajstić information content (AvgIpc) is 2.38. The molecule has 1 heterocycles. The van der Waals surface area contributed by atoms with E-state index >= 15 is 0 Å². The van der Waals surface area contributed by atoms with E-state index in [2.05, 4.69) is 29.8 Å². The lowest BCUT2D eigenvalue weighted by atomic mass is 9.97. The molecule has 1 aromatic rings. The van der Waals surface area contributed by atoms with E-state index < -0.39 is 0 Å². The molecule has 1 saturated heterocycles. The van der Waals surface area contributed by atoms with Crippen LogP contribution in [-0.2, 0) is 4.79 Å². The minimum atomic E-state index is 0.127. The number of carbonyl (C=O) groups is 1. The van der Waals surface area contributed by atoms with Crippen LogP contribution in [0, 0.1) is 0 Å². The smallest absolute Gasteiger partial charge is 0.247 e. The Bertz CT molecular complexity index is 456. The van der Waals surface area contributed by atoms with Crippen LogP contribution >= 0.6 is 15.9 Å². The van der Waals surface area contributed by atoms with Gasteiger partial charge in [0.05, 0.1) is 0 Å². The molecule has 1 amide bonds. The second kappa shape index (κ2) is 6.38. The van der Waals surface area contributed by atoms with Crippen LogP contribution in [0.15, 0.2) is 34.8 Å². The predicted octanol–water partition coefficient (Wildman–Crippen LogP) is 4.25. The molecule has 102 valence electrons. The maximum absolute atomic E-state index is 12.3. The largest absolute Gasteiger partial charge is 0.334 e. The van der Waals surface area contributed by atoms with Crippen molar-refractivity contribution in [3.05, 3.63) is 40.4 Å². The van der Waals surface area contributed by atoms with Crippen molar-refractivity contribution in [2.45, 2.75) is 45.2 Å². The summed E-state index contributed by atoms with van der Waals surface area (Å²) in [5, 5.41) is 0. The zero-order chi connectivity index (χ0) is 13.8. The SMILES string of the molecule is C[C@@H]1CCC[C@H](C)N1C(=O)/C=C/c1ccc(Br)cc1. The van der Waals surface area contributed by atoms with Crippen molar-refractivity contribution < 1.29 is 4.79 Å². The maximum atomic E-state index is 12.3. The van der Waals surface area contributed by atoms with Crippen molar-refractivity contribution in [2.75, 3.05) is 0 Å². The average molecular weight is 322 g/mol. The Kier molecular flexibility index (Phi) is 4.81. The van der Waals surface area contributed by atoms with E-state index in [0.29, 0.717) is 12.1 Å². The molecule has 0 spiro atoms. The lowest BCUT2D eigenvalue weighted by Crippen LogP contribution is -2.46. The van der Waals surface area contributed by atoms with Gasteiger partial charge in [-0.15, -0.1) is 0 Å². The quantitative estimate of drug-likeness (QED) is 0.745. The molecule has 1 aliphatic rings. The highest BCUT2D eigenvalue weighted by molar-refractivity contribution is 9.10. The molecule has 0 N–H and O–H groups in total. The van der Waals surface area contributed by atoms with Crippen molar-refractivity contribution in [3.63, 3.8) is 0 Å². The molecule has 1 aromatic carbocycles. The minimum Gasteiger partial charge on any atom is -0.334 e. The molecule has 1 fully saturated rings. The number of hydrogen-bond acceptors (Lipinski definition) is 1. The van der Waals surface area contributed by atoms with Gasteiger partial charge in [-0.1, -0.05) is 28.1 Å². The van der Waals surface area contributed by atoms with Crippen LogP contribution in [0.25, 0.3) is 6.08 Å². The zero-order valence-electron chi connectivity index (χ0n) is 11.5. The first kappa shape index (κ1) is 14.3. The van der Waals surface area contributed by atoms with Gasteiger partial charge in [0.2, 0.25) is 5.91 Å². The van der Waals surface area contributed by atoms with Crippen molar-refractivity contribution >= 4 is 27.9 Å². The van der Waals surface area contributed by atoms with E-state index in [-0.39, 0.29) is 5.91 Å². The molecule has 0 unspecified atom stereocenters. The first-order chi connectivity index (χ1) is 9.08. The Labute approximate surface area is 123 Å².